The summed E-state index contributed by atoms with van der Waals surface area (Å²) in [5.41, 5.74) is 1.07. The fourth-order valence-electron chi connectivity index (χ4n) is 3.24. The summed E-state index contributed by atoms with van der Waals surface area (Å²) in [6.45, 7) is 5.28. The Bertz CT molecular complexity index is 935. The Balaban J connectivity index is 1.59. The van der Waals surface area contributed by atoms with Gasteiger partial charge in [0.15, 0.2) is 0 Å². The number of para-hydroxylation sites is 1. The second-order valence-corrected chi connectivity index (χ2v) is 8.74. The first kappa shape index (κ1) is 19.7. The summed E-state index contributed by atoms with van der Waals surface area (Å²) in [4.78, 5) is 10.4. The molecule has 1 aliphatic heterocycles. The van der Waals surface area contributed by atoms with Crippen LogP contribution in [0.4, 0.5) is 5.95 Å². The van der Waals surface area contributed by atoms with Gasteiger partial charge >= 0.3 is 0 Å². The zero-order valence-corrected chi connectivity index (χ0v) is 17.5. The summed E-state index contributed by atoms with van der Waals surface area (Å²) < 4.78 is 15.3. The molecule has 1 atom stereocenters. The Labute approximate surface area is 176 Å². The molecule has 0 amide bonds. The molecular weight excluding hydrogens is 382 g/mol. The number of nitrogens with one attached hydrogen (secondary N) is 1. The topological polar surface area (TPSA) is 56.3 Å². The molecule has 150 valence electrons. The largest absolute Gasteiger partial charge is 0.439 e. The number of ether oxygens (including phenoxy) is 2. The molecule has 1 saturated heterocycles. The van der Waals surface area contributed by atoms with Gasteiger partial charge in [-0.3, -0.25) is 4.72 Å². The molecule has 1 fully saturated rings. The average Bonchev–Trinajstić information content (AvgIpc) is 2.73. The molecule has 6 heteroatoms. The van der Waals surface area contributed by atoms with Gasteiger partial charge in [-0.1, -0.05) is 50.2 Å². The van der Waals surface area contributed by atoms with Crippen LogP contribution in [0.5, 0.6) is 11.6 Å². The maximum atomic E-state index is 6.04. The number of rotatable bonds is 6. The van der Waals surface area contributed by atoms with E-state index in [2.05, 4.69) is 23.6 Å². The summed E-state index contributed by atoms with van der Waals surface area (Å²) in [5.74, 6) is 1.75. The molecule has 0 aliphatic carbocycles. The Morgan fingerprint density at radius 3 is 2.48 bits per heavy atom. The summed E-state index contributed by atoms with van der Waals surface area (Å²) in [7, 11) is 0. The van der Waals surface area contributed by atoms with E-state index in [-0.39, 0.29) is 11.5 Å². The van der Waals surface area contributed by atoms with E-state index < -0.39 is 0 Å². The number of benzene rings is 2. The molecule has 3 aromatic rings. The van der Waals surface area contributed by atoms with Gasteiger partial charge in [-0.15, -0.1) is 0 Å². The average molecular weight is 408 g/mol. The van der Waals surface area contributed by atoms with Crippen molar-refractivity contribution >= 4 is 17.9 Å². The second-order valence-electron chi connectivity index (χ2n) is 7.86. The van der Waals surface area contributed by atoms with Gasteiger partial charge in [0.25, 0.3) is 0 Å². The molecule has 2 heterocycles. The van der Waals surface area contributed by atoms with Crippen molar-refractivity contribution in [2.75, 3.05) is 11.3 Å². The number of hydrogen-bond donors (Lipinski definition) is 1. The van der Waals surface area contributed by atoms with Gasteiger partial charge in [-0.05, 0) is 54.5 Å². The van der Waals surface area contributed by atoms with Crippen molar-refractivity contribution in [2.24, 2.45) is 5.41 Å². The van der Waals surface area contributed by atoms with Crippen molar-refractivity contribution in [1.29, 1.82) is 0 Å². The number of hydrogen-bond acceptors (Lipinski definition) is 6. The minimum Gasteiger partial charge on any atom is -0.439 e. The highest BCUT2D eigenvalue weighted by molar-refractivity contribution is 8.00. The van der Waals surface area contributed by atoms with Gasteiger partial charge in [0.05, 0.1) is 5.69 Å². The Kier molecular flexibility index (Phi) is 6.02. The van der Waals surface area contributed by atoms with E-state index in [1.54, 1.807) is 0 Å². The van der Waals surface area contributed by atoms with Crippen LogP contribution in [0.2, 0.25) is 0 Å². The highest BCUT2D eigenvalue weighted by atomic mass is 32.2. The molecule has 1 aliphatic rings. The first-order valence-corrected chi connectivity index (χ1v) is 10.6. The lowest BCUT2D eigenvalue weighted by Crippen LogP contribution is -2.26. The van der Waals surface area contributed by atoms with Crippen LogP contribution in [0.15, 0.2) is 71.6 Å². The third-order valence-electron chi connectivity index (χ3n) is 4.86. The van der Waals surface area contributed by atoms with Crippen molar-refractivity contribution in [2.45, 2.75) is 37.7 Å². The van der Waals surface area contributed by atoms with Gasteiger partial charge in [0.2, 0.25) is 11.8 Å². The van der Waals surface area contributed by atoms with Crippen LogP contribution < -0.4 is 9.46 Å². The van der Waals surface area contributed by atoms with Crippen molar-refractivity contribution in [1.82, 2.24) is 9.97 Å². The molecule has 0 radical (unpaired) electrons. The van der Waals surface area contributed by atoms with Crippen molar-refractivity contribution < 1.29 is 9.47 Å². The zero-order valence-electron chi connectivity index (χ0n) is 16.7. The summed E-state index contributed by atoms with van der Waals surface area (Å²) in [6.07, 6.45) is 1.90. The summed E-state index contributed by atoms with van der Waals surface area (Å²) in [5, 5.41) is 0. The number of nitrogens with zero attached hydrogens (tertiary/aromatic N) is 2. The van der Waals surface area contributed by atoms with Crippen molar-refractivity contribution in [3.8, 4) is 11.6 Å². The quantitative estimate of drug-likeness (QED) is 0.486. The van der Waals surface area contributed by atoms with E-state index >= 15 is 0 Å². The molecule has 1 unspecified atom stereocenters. The van der Waals surface area contributed by atoms with Crippen LogP contribution in [0, 0.1) is 5.41 Å². The van der Waals surface area contributed by atoms with E-state index in [9.17, 15) is 0 Å². The van der Waals surface area contributed by atoms with Gasteiger partial charge in [0.1, 0.15) is 11.9 Å². The van der Waals surface area contributed by atoms with E-state index in [1.807, 2.05) is 66.7 Å². The molecule has 29 heavy (non-hydrogen) atoms. The van der Waals surface area contributed by atoms with Crippen molar-refractivity contribution in [3.05, 3.63) is 72.4 Å². The Morgan fingerprint density at radius 2 is 1.76 bits per heavy atom. The van der Waals surface area contributed by atoms with Gasteiger partial charge in [-0.25, -0.2) is 4.98 Å². The summed E-state index contributed by atoms with van der Waals surface area (Å²) in [6, 6.07) is 21.6. The van der Waals surface area contributed by atoms with Crippen LogP contribution in [0.1, 0.15) is 38.5 Å². The predicted octanol–water partition coefficient (Wildman–Crippen LogP) is 6.27. The van der Waals surface area contributed by atoms with E-state index in [1.165, 1.54) is 11.9 Å². The lowest BCUT2D eigenvalue weighted by atomic mass is 9.81. The predicted molar refractivity (Wildman–Crippen MR) is 116 cm³/mol. The first-order chi connectivity index (χ1) is 14.1. The highest BCUT2D eigenvalue weighted by Crippen LogP contribution is 2.40. The molecule has 4 rings (SSSR count). The molecule has 0 spiro atoms. The standard InChI is InChI=1S/C23H25N3O2S/c1-23(2)13-14-27-20(16-23)19-15-21(28-17-9-5-3-6-10-17)25-22(24-19)26-29-18-11-7-4-8-12-18/h3-12,15,20H,13-14,16H2,1-2H3,(H,24,25,26). The Morgan fingerprint density at radius 1 is 1.03 bits per heavy atom. The molecule has 0 bridgehead atoms. The minimum absolute atomic E-state index is 0.0675. The SMILES string of the molecule is CC1(C)CCOC(c2cc(Oc3ccccc3)nc(NSc3ccccc3)n2)C1. The number of anilines is 1. The molecule has 1 aromatic heterocycles. The molecule has 0 saturated carbocycles. The molecular formula is C23H25N3O2S. The minimum atomic E-state index is -0.0675. The molecule has 5 nitrogen and oxygen atoms in total. The first-order valence-electron chi connectivity index (χ1n) is 9.79. The van der Waals surface area contributed by atoms with Gasteiger partial charge in [0, 0.05) is 17.6 Å². The monoisotopic (exact) mass is 407 g/mol. The molecule has 2 aromatic carbocycles. The zero-order chi connectivity index (χ0) is 20.1. The van der Waals surface area contributed by atoms with Crippen LogP contribution in [0.25, 0.3) is 0 Å². The highest BCUT2D eigenvalue weighted by Gasteiger charge is 2.31. The van der Waals surface area contributed by atoms with E-state index in [0.29, 0.717) is 11.8 Å². The van der Waals surface area contributed by atoms with Crippen LogP contribution in [-0.2, 0) is 4.74 Å². The Hall–Kier alpha value is -2.57. The van der Waals surface area contributed by atoms with Crippen LogP contribution in [-0.4, -0.2) is 16.6 Å². The van der Waals surface area contributed by atoms with Crippen LogP contribution in [0.3, 0.4) is 0 Å². The van der Waals surface area contributed by atoms with Crippen LogP contribution >= 0.6 is 11.9 Å². The van der Waals surface area contributed by atoms with Gasteiger partial charge < -0.3 is 9.47 Å². The summed E-state index contributed by atoms with van der Waals surface area (Å²) >= 11 is 1.47. The second kappa shape index (κ2) is 8.84. The third kappa shape index (κ3) is 5.49. The van der Waals surface area contributed by atoms with Crippen molar-refractivity contribution in [3.63, 3.8) is 0 Å². The third-order valence-corrected chi connectivity index (χ3v) is 5.65. The lowest BCUT2D eigenvalue weighted by molar-refractivity contribution is -0.0396. The number of aromatic nitrogens is 2. The van der Waals surface area contributed by atoms with E-state index in [0.717, 1.165) is 35.8 Å². The smallest absolute Gasteiger partial charge is 0.236 e. The van der Waals surface area contributed by atoms with Gasteiger partial charge in [-0.2, -0.15) is 4.98 Å². The fraction of sp³-hybridized carbons (Fsp3) is 0.304. The fourth-order valence-corrected chi connectivity index (χ4v) is 3.83. The van der Waals surface area contributed by atoms with E-state index in [4.69, 9.17) is 14.5 Å². The normalized spacial score (nSPS) is 18.2. The maximum absolute atomic E-state index is 6.04. The molecule has 1 N–H and O–H groups in total. The lowest BCUT2D eigenvalue weighted by Gasteiger charge is -2.35. The maximum Gasteiger partial charge on any atom is 0.236 e.